The number of benzene rings is 2. The van der Waals surface area contributed by atoms with Gasteiger partial charge in [0.25, 0.3) is 5.69 Å². The maximum Gasteiger partial charge on any atom is 0.338 e. The van der Waals surface area contributed by atoms with Crippen LogP contribution in [-0.2, 0) is 0 Å². The van der Waals surface area contributed by atoms with Crippen LogP contribution in [0.15, 0.2) is 42.5 Å². The lowest BCUT2D eigenvalue weighted by Gasteiger charge is -2.39. The maximum atomic E-state index is 11.6. The third kappa shape index (κ3) is 3.57. The minimum absolute atomic E-state index is 0.0740. The van der Waals surface area contributed by atoms with E-state index < -0.39 is 10.9 Å². The Morgan fingerprint density at radius 2 is 2.00 bits per heavy atom. The molecule has 0 radical (unpaired) electrons. The van der Waals surface area contributed by atoms with E-state index >= 15 is 0 Å². The van der Waals surface area contributed by atoms with Crippen molar-refractivity contribution in [2.45, 2.75) is 6.04 Å². The van der Waals surface area contributed by atoms with Gasteiger partial charge < -0.3 is 15.3 Å². The summed E-state index contributed by atoms with van der Waals surface area (Å²) in [5.74, 6) is -1.19. The highest BCUT2D eigenvalue weighted by Crippen LogP contribution is 2.33. The normalized spacial score (nSPS) is 17.3. The van der Waals surface area contributed by atoms with Crippen LogP contribution in [-0.4, -0.2) is 35.6 Å². The lowest BCUT2D eigenvalue weighted by molar-refractivity contribution is -0.384. The summed E-state index contributed by atoms with van der Waals surface area (Å²) >= 11 is 5.95. The summed E-state index contributed by atoms with van der Waals surface area (Å²) in [5, 5.41) is 24.4. The first-order valence-electron chi connectivity index (χ1n) is 7.72. The largest absolute Gasteiger partial charge is 0.478 e. The van der Waals surface area contributed by atoms with Crippen molar-refractivity contribution in [3.8, 4) is 0 Å². The van der Waals surface area contributed by atoms with Gasteiger partial charge in [-0.05, 0) is 23.8 Å². The van der Waals surface area contributed by atoms with Gasteiger partial charge in [-0.1, -0.05) is 23.7 Å². The zero-order valence-corrected chi connectivity index (χ0v) is 13.9. The molecule has 0 amide bonds. The van der Waals surface area contributed by atoms with Crippen molar-refractivity contribution in [3.63, 3.8) is 0 Å². The smallest absolute Gasteiger partial charge is 0.338 e. The Balaban J connectivity index is 2.04. The predicted molar refractivity (Wildman–Crippen MR) is 94.5 cm³/mol. The van der Waals surface area contributed by atoms with Crippen LogP contribution >= 0.6 is 11.6 Å². The number of nitro groups is 1. The van der Waals surface area contributed by atoms with E-state index in [0.717, 1.165) is 11.6 Å². The van der Waals surface area contributed by atoms with Gasteiger partial charge in [0.15, 0.2) is 0 Å². The van der Waals surface area contributed by atoms with Gasteiger partial charge in [-0.25, -0.2) is 4.79 Å². The molecule has 130 valence electrons. The minimum Gasteiger partial charge on any atom is -0.478 e. The van der Waals surface area contributed by atoms with E-state index in [1.54, 1.807) is 12.1 Å². The molecule has 2 N–H and O–H groups in total. The summed E-state index contributed by atoms with van der Waals surface area (Å²) in [6, 6.07) is 11.2. The van der Waals surface area contributed by atoms with Gasteiger partial charge in [-0.3, -0.25) is 10.1 Å². The first kappa shape index (κ1) is 17.2. The van der Waals surface area contributed by atoms with E-state index in [1.807, 2.05) is 17.0 Å². The number of nitrogens with one attached hydrogen (secondary N) is 1. The summed E-state index contributed by atoms with van der Waals surface area (Å²) in [6.07, 6.45) is 0. The van der Waals surface area contributed by atoms with Gasteiger partial charge in [0.2, 0.25) is 0 Å². The van der Waals surface area contributed by atoms with E-state index in [4.69, 9.17) is 11.6 Å². The van der Waals surface area contributed by atoms with Crippen LogP contribution < -0.4 is 10.2 Å². The van der Waals surface area contributed by atoms with Crippen molar-refractivity contribution in [1.82, 2.24) is 5.32 Å². The summed E-state index contributed by atoms with van der Waals surface area (Å²) in [5.41, 5.74) is 1.15. The summed E-state index contributed by atoms with van der Waals surface area (Å²) in [7, 11) is 0. The third-order valence-electron chi connectivity index (χ3n) is 4.23. The molecule has 2 aromatic carbocycles. The zero-order valence-electron chi connectivity index (χ0n) is 13.2. The van der Waals surface area contributed by atoms with Crippen LogP contribution in [0.1, 0.15) is 22.0 Å². The van der Waals surface area contributed by atoms with Crippen molar-refractivity contribution in [2.75, 3.05) is 24.5 Å². The number of carboxylic acid groups (broad SMARTS) is 1. The molecular formula is C17H16ClN3O4. The molecule has 1 aliphatic heterocycles. The second-order valence-electron chi connectivity index (χ2n) is 5.73. The second-order valence-corrected chi connectivity index (χ2v) is 6.17. The average molecular weight is 362 g/mol. The van der Waals surface area contributed by atoms with Crippen molar-refractivity contribution < 1.29 is 14.8 Å². The van der Waals surface area contributed by atoms with E-state index in [0.29, 0.717) is 30.3 Å². The fourth-order valence-electron chi connectivity index (χ4n) is 3.03. The molecule has 1 aliphatic rings. The lowest BCUT2D eigenvalue weighted by atomic mass is 10.0. The Kier molecular flexibility index (Phi) is 4.87. The fraction of sp³-hybridized carbons (Fsp3) is 0.235. The number of nitrogens with zero attached hydrogens (tertiary/aromatic N) is 2. The molecule has 1 unspecified atom stereocenters. The molecule has 0 bridgehead atoms. The van der Waals surface area contributed by atoms with Gasteiger partial charge in [0.1, 0.15) is 0 Å². The number of anilines is 1. The highest BCUT2D eigenvalue weighted by molar-refractivity contribution is 6.30. The van der Waals surface area contributed by atoms with E-state index in [2.05, 4.69) is 5.32 Å². The molecule has 3 rings (SSSR count). The predicted octanol–water partition coefficient (Wildman–Crippen LogP) is 3.10. The maximum absolute atomic E-state index is 11.6. The van der Waals surface area contributed by atoms with Crippen LogP contribution in [0.3, 0.4) is 0 Å². The molecule has 1 atom stereocenters. The van der Waals surface area contributed by atoms with Crippen molar-refractivity contribution >= 4 is 28.9 Å². The molecule has 1 saturated heterocycles. The molecular weight excluding hydrogens is 346 g/mol. The number of rotatable bonds is 4. The van der Waals surface area contributed by atoms with Crippen LogP contribution in [0.5, 0.6) is 0 Å². The van der Waals surface area contributed by atoms with Crippen molar-refractivity contribution in [1.29, 1.82) is 0 Å². The monoisotopic (exact) mass is 361 g/mol. The van der Waals surface area contributed by atoms with Crippen LogP contribution in [0.4, 0.5) is 11.4 Å². The summed E-state index contributed by atoms with van der Waals surface area (Å²) < 4.78 is 0. The highest BCUT2D eigenvalue weighted by atomic mass is 35.5. The van der Waals surface area contributed by atoms with Gasteiger partial charge in [-0.15, -0.1) is 0 Å². The Morgan fingerprint density at radius 1 is 1.28 bits per heavy atom. The average Bonchev–Trinajstić information content (AvgIpc) is 2.62. The number of carboxylic acids is 1. The zero-order chi connectivity index (χ0) is 18.0. The standard InChI is InChI=1S/C17H16ClN3O4/c18-12-3-1-11(2-4-12)16-10-19-7-8-20(16)15-6-5-13(21(24)25)9-14(15)17(22)23/h1-6,9,16,19H,7-8,10H2,(H,22,23). The second kappa shape index (κ2) is 7.08. The Bertz CT molecular complexity index is 810. The first-order chi connectivity index (χ1) is 12.0. The number of nitro benzene ring substituents is 1. The molecule has 0 aromatic heterocycles. The van der Waals surface area contributed by atoms with Crippen LogP contribution in [0.2, 0.25) is 5.02 Å². The third-order valence-corrected chi connectivity index (χ3v) is 4.48. The molecule has 8 heteroatoms. The number of non-ortho nitro benzene ring substituents is 1. The number of piperazine rings is 1. The number of carbonyl (C=O) groups is 1. The topological polar surface area (TPSA) is 95.7 Å². The molecule has 7 nitrogen and oxygen atoms in total. The molecule has 0 aliphatic carbocycles. The number of aromatic carboxylic acids is 1. The molecule has 25 heavy (non-hydrogen) atoms. The minimum atomic E-state index is -1.19. The highest BCUT2D eigenvalue weighted by Gasteiger charge is 2.28. The SMILES string of the molecule is O=C(O)c1cc([N+](=O)[O-])ccc1N1CCNCC1c1ccc(Cl)cc1. The van der Waals surface area contributed by atoms with Crippen LogP contribution in [0, 0.1) is 10.1 Å². The van der Waals surface area contributed by atoms with Gasteiger partial charge in [0, 0.05) is 36.8 Å². The van der Waals surface area contributed by atoms with E-state index in [9.17, 15) is 20.0 Å². The number of halogens is 1. The molecule has 0 saturated carbocycles. The van der Waals surface area contributed by atoms with E-state index in [-0.39, 0.29) is 17.3 Å². The molecule has 0 spiro atoms. The van der Waals surface area contributed by atoms with Gasteiger partial charge in [-0.2, -0.15) is 0 Å². The van der Waals surface area contributed by atoms with Crippen molar-refractivity contribution in [2.24, 2.45) is 0 Å². The Labute approximate surface area is 149 Å². The lowest BCUT2D eigenvalue weighted by Crippen LogP contribution is -2.46. The first-order valence-corrected chi connectivity index (χ1v) is 8.09. The number of hydrogen-bond acceptors (Lipinski definition) is 5. The molecule has 2 aromatic rings. The van der Waals surface area contributed by atoms with Crippen LogP contribution in [0.25, 0.3) is 0 Å². The van der Waals surface area contributed by atoms with Gasteiger partial charge in [0.05, 0.1) is 22.2 Å². The fourth-order valence-corrected chi connectivity index (χ4v) is 3.16. The number of hydrogen-bond donors (Lipinski definition) is 2. The Morgan fingerprint density at radius 3 is 2.64 bits per heavy atom. The summed E-state index contributed by atoms with van der Waals surface area (Å²) in [6.45, 7) is 1.92. The van der Waals surface area contributed by atoms with Gasteiger partial charge >= 0.3 is 5.97 Å². The van der Waals surface area contributed by atoms with E-state index in [1.165, 1.54) is 12.1 Å². The quantitative estimate of drug-likeness (QED) is 0.641. The Hall–Kier alpha value is -2.64. The summed E-state index contributed by atoms with van der Waals surface area (Å²) in [4.78, 5) is 24.0. The van der Waals surface area contributed by atoms with Crippen molar-refractivity contribution in [3.05, 3.63) is 68.7 Å². The molecule has 1 heterocycles. The molecule has 1 fully saturated rings.